The maximum Gasteiger partial charge on any atom is 0.326 e. The highest BCUT2D eigenvalue weighted by atomic mass is 32.1. The van der Waals surface area contributed by atoms with E-state index >= 15 is 0 Å². The summed E-state index contributed by atoms with van der Waals surface area (Å²) < 4.78 is 0. The quantitative estimate of drug-likeness (QED) is 0.699. The highest BCUT2D eigenvalue weighted by Gasteiger charge is 2.35. The molecule has 4 rings (SSSR count). The number of rotatable bonds is 7. The molecule has 0 N–H and O–H groups in total. The average Bonchev–Trinajstić information content (AvgIpc) is 3.28. The number of aromatic nitrogens is 3. The van der Waals surface area contributed by atoms with Crippen molar-refractivity contribution < 1.29 is 9.59 Å². The van der Waals surface area contributed by atoms with Crippen LogP contribution in [0.25, 0.3) is 0 Å². The minimum atomic E-state index is 0.0191. The predicted octanol–water partition coefficient (Wildman–Crippen LogP) is 2.71. The van der Waals surface area contributed by atoms with Crippen LogP contribution in [0.5, 0.6) is 0 Å². The van der Waals surface area contributed by atoms with Crippen molar-refractivity contribution in [3.63, 3.8) is 0 Å². The molecular weight excluding hydrogens is 350 g/mol. The Labute approximate surface area is 156 Å². The molecule has 2 aliphatic rings. The first-order valence-corrected chi connectivity index (χ1v) is 9.75. The number of ketones is 1. The second-order valence-corrected chi connectivity index (χ2v) is 7.84. The third-order valence-corrected chi connectivity index (χ3v) is 6.01. The van der Waals surface area contributed by atoms with Crippen LogP contribution in [0.3, 0.4) is 0 Å². The molecule has 0 bridgehead atoms. The van der Waals surface area contributed by atoms with E-state index in [1.165, 1.54) is 30.5 Å². The Morgan fingerprint density at radius 3 is 2.92 bits per heavy atom. The van der Waals surface area contributed by atoms with E-state index in [-0.39, 0.29) is 11.8 Å². The zero-order chi connectivity index (χ0) is 18.1. The van der Waals surface area contributed by atoms with Gasteiger partial charge in [0.25, 0.3) is 0 Å². The van der Waals surface area contributed by atoms with E-state index in [1.807, 2.05) is 17.9 Å². The summed E-state index contributed by atoms with van der Waals surface area (Å²) in [7, 11) is 0. The summed E-state index contributed by atoms with van der Waals surface area (Å²) in [6.07, 6.45) is 6.57. The Bertz CT molecular complexity index is 818. The molecule has 26 heavy (non-hydrogen) atoms. The van der Waals surface area contributed by atoms with Gasteiger partial charge in [0.15, 0.2) is 10.9 Å². The lowest BCUT2D eigenvalue weighted by molar-refractivity contribution is 0.0985. The van der Waals surface area contributed by atoms with Crippen LogP contribution < -0.4 is 4.90 Å². The van der Waals surface area contributed by atoms with Crippen molar-refractivity contribution in [3.8, 4) is 0 Å². The van der Waals surface area contributed by atoms with Crippen LogP contribution in [-0.2, 0) is 6.42 Å². The highest BCUT2D eigenvalue weighted by molar-refractivity contribution is 7.17. The van der Waals surface area contributed by atoms with E-state index in [1.54, 1.807) is 11.1 Å². The molecule has 0 atom stereocenters. The molecule has 0 unspecified atom stereocenters. The minimum absolute atomic E-state index is 0.0191. The second kappa shape index (κ2) is 7.11. The van der Waals surface area contributed by atoms with Gasteiger partial charge in [0, 0.05) is 37.9 Å². The lowest BCUT2D eigenvalue weighted by Crippen LogP contribution is -2.33. The summed E-state index contributed by atoms with van der Waals surface area (Å²) in [6.45, 7) is 4.07. The van der Waals surface area contributed by atoms with Crippen LogP contribution in [0.1, 0.15) is 40.3 Å². The fourth-order valence-corrected chi connectivity index (χ4v) is 4.17. The molecule has 2 amide bonds. The number of nitrogens with zero attached hydrogens (tertiary/aromatic N) is 5. The first-order chi connectivity index (χ1) is 12.6. The molecule has 3 heterocycles. The summed E-state index contributed by atoms with van der Waals surface area (Å²) in [6, 6.07) is 1.83. The van der Waals surface area contributed by atoms with Crippen molar-refractivity contribution in [2.45, 2.75) is 32.6 Å². The number of amides is 2. The number of Topliss-reactive ketones (excluding diaryl/α,β-unsaturated/α-hetero) is 1. The lowest BCUT2D eigenvalue weighted by atomic mass is 10.1. The van der Waals surface area contributed by atoms with Gasteiger partial charge in [-0.15, -0.1) is 0 Å². The van der Waals surface area contributed by atoms with Crippen molar-refractivity contribution in [2.24, 2.45) is 5.92 Å². The van der Waals surface area contributed by atoms with Gasteiger partial charge >= 0.3 is 6.03 Å². The van der Waals surface area contributed by atoms with Crippen molar-refractivity contribution in [3.05, 3.63) is 34.9 Å². The monoisotopic (exact) mass is 371 g/mol. The fraction of sp³-hybridized carbons (Fsp3) is 0.500. The molecule has 1 aliphatic heterocycles. The molecule has 136 valence electrons. The van der Waals surface area contributed by atoms with Gasteiger partial charge in [-0.2, -0.15) is 0 Å². The maximum absolute atomic E-state index is 12.6. The van der Waals surface area contributed by atoms with Gasteiger partial charge in [0.2, 0.25) is 0 Å². The molecule has 0 spiro atoms. The van der Waals surface area contributed by atoms with Crippen molar-refractivity contribution in [1.29, 1.82) is 0 Å². The van der Waals surface area contributed by atoms with Crippen molar-refractivity contribution in [1.82, 2.24) is 19.9 Å². The van der Waals surface area contributed by atoms with Gasteiger partial charge in [0.1, 0.15) is 6.33 Å². The third kappa shape index (κ3) is 3.60. The zero-order valence-corrected chi connectivity index (χ0v) is 15.5. The molecule has 1 saturated heterocycles. The Balaban J connectivity index is 1.42. The maximum atomic E-state index is 12.6. The molecule has 2 fully saturated rings. The van der Waals surface area contributed by atoms with Crippen molar-refractivity contribution >= 4 is 28.3 Å². The number of thiazole rings is 1. The normalized spacial score (nSPS) is 17.2. The standard InChI is InChI=1S/C18H21N5O2S/c1-12-16(15(24)5-4-14-6-7-19-11-20-14)26-17(21-12)23-9-8-22(18(23)25)10-13-2-3-13/h6-7,11,13H,2-5,8-10H2,1H3. The van der Waals surface area contributed by atoms with Crippen LogP contribution >= 0.6 is 11.3 Å². The zero-order valence-electron chi connectivity index (χ0n) is 14.7. The summed E-state index contributed by atoms with van der Waals surface area (Å²) in [5.74, 6) is 0.724. The van der Waals surface area contributed by atoms with E-state index in [4.69, 9.17) is 0 Å². The first kappa shape index (κ1) is 17.1. The summed E-state index contributed by atoms with van der Waals surface area (Å²) >= 11 is 1.33. The fourth-order valence-electron chi connectivity index (χ4n) is 3.12. The van der Waals surface area contributed by atoms with Crippen LogP contribution in [0.4, 0.5) is 9.93 Å². The van der Waals surface area contributed by atoms with E-state index < -0.39 is 0 Å². The largest absolute Gasteiger partial charge is 0.326 e. The summed E-state index contributed by atoms with van der Waals surface area (Å²) in [5, 5.41) is 0.635. The average molecular weight is 371 g/mol. The number of urea groups is 1. The van der Waals surface area contributed by atoms with Gasteiger partial charge in [-0.05, 0) is 38.2 Å². The molecule has 1 saturated carbocycles. The Morgan fingerprint density at radius 1 is 1.35 bits per heavy atom. The number of hydrogen-bond acceptors (Lipinski definition) is 6. The first-order valence-electron chi connectivity index (χ1n) is 8.94. The highest BCUT2D eigenvalue weighted by Crippen LogP contribution is 2.33. The SMILES string of the molecule is Cc1nc(N2CCN(CC3CC3)C2=O)sc1C(=O)CCc1ccncn1. The molecule has 0 aromatic carbocycles. The van der Waals surface area contributed by atoms with E-state index in [0.717, 1.165) is 18.8 Å². The van der Waals surface area contributed by atoms with Gasteiger partial charge < -0.3 is 4.90 Å². The minimum Gasteiger partial charge on any atom is -0.322 e. The molecule has 0 radical (unpaired) electrons. The number of carbonyl (C=O) groups is 2. The van der Waals surface area contributed by atoms with Gasteiger partial charge in [0.05, 0.1) is 10.6 Å². The molecule has 7 nitrogen and oxygen atoms in total. The number of hydrogen-bond donors (Lipinski definition) is 0. The molecule has 2 aromatic rings. The van der Waals surface area contributed by atoms with E-state index in [2.05, 4.69) is 15.0 Å². The summed E-state index contributed by atoms with van der Waals surface area (Å²) in [5.41, 5.74) is 1.55. The summed E-state index contributed by atoms with van der Waals surface area (Å²) in [4.78, 5) is 42.0. The Kier molecular flexibility index (Phi) is 4.67. The van der Waals surface area contributed by atoms with Crippen LogP contribution in [-0.4, -0.2) is 51.3 Å². The molecule has 8 heteroatoms. The number of anilines is 1. The lowest BCUT2D eigenvalue weighted by Gasteiger charge is -2.16. The van der Waals surface area contributed by atoms with Crippen LogP contribution in [0, 0.1) is 12.8 Å². The smallest absolute Gasteiger partial charge is 0.322 e. The van der Waals surface area contributed by atoms with Gasteiger partial charge in [-0.3, -0.25) is 9.69 Å². The van der Waals surface area contributed by atoms with Crippen LogP contribution in [0.2, 0.25) is 0 Å². The van der Waals surface area contributed by atoms with Gasteiger partial charge in [-0.1, -0.05) is 11.3 Å². The number of carbonyl (C=O) groups excluding carboxylic acids is 2. The van der Waals surface area contributed by atoms with E-state index in [9.17, 15) is 9.59 Å². The van der Waals surface area contributed by atoms with Crippen molar-refractivity contribution in [2.75, 3.05) is 24.5 Å². The van der Waals surface area contributed by atoms with Crippen LogP contribution in [0.15, 0.2) is 18.6 Å². The molecule has 1 aliphatic carbocycles. The van der Waals surface area contributed by atoms with E-state index in [0.29, 0.717) is 41.0 Å². The Hall–Kier alpha value is -2.35. The molecular formula is C18H21N5O2S. The topological polar surface area (TPSA) is 79.3 Å². The number of aryl methyl sites for hydroxylation is 2. The second-order valence-electron chi connectivity index (χ2n) is 6.86. The third-order valence-electron chi connectivity index (χ3n) is 4.79. The molecule has 2 aromatic heterocycles. The Morgan fingerprint density at radius 2 is 2.19 bits per heavy atom. The predicted molar refractivity (Wildman–Crippen MR) is 98.6 cm³/mol. The van der Waals surface area contributed by atoms with Gasteiger partial charge in [-0.25, -0.2) is 19.7 Å².